The van der Waals surface area contributed by atoms with Gasteiger partial charge in [0, 0.05) is 25.7 Å². The molecule has 0 bridgehead atoms. The summed E-state index contributed by atoms with van der Waals surface area (Å²) in [5.41, 5.74) is 0. The third-order valence-corrected chi connectivity index (χ3v) is 7.51. The molecular weight excluding hydrogens is 368 g/mol. The second-order valence-electron chi connectivity index (χ2n) is 4.75. The molecule has 2 heterocycles. The van der Waals surface area contributed by atoms with Crippen molar-refractivity contribution in [2.24, 2.45) is 0 Å². The summed E-state index contributed by atoms with van der Waals surface area (Å²) in [5.74, 6) is -1.12. The zero-order valence-electron chi connectivity index (χ0n) is 11.0. The first kappa shape index (κ1) is 15.9. The maximum Gasteiger partial charge on any atom is 0.345 e. The third-order valence-electron chi connectivity index (χ3n) is 3.41. The van der Waals surface area contributed by atoms with Crippen LogP contribution in [0.3, 0.4) is 0 Å². The van der Waals surface area contributed by atoms with Gasteiger partial charge in [0.15, 0.2) is 0 Å². The number of halogens is 1. The third kappa shape index (κ3) is 2.91. The molecule has 0 amide bonds. The standard InChI is InChI=1S/C11H15BrN2O4S2/c1-7-6-14(4-3-13(7)2)20(17,18)9-5-8(11(15)16)19-10(9)12/h5,7H,3-4,6H2,1-2H3,(H,15,16). The van der Waals surface area contributed by atoms with Gasteiger partial charge in [-0.15, -0.1) is 11.3 Å². The summed E-state index contributed by atoms with van der Waals surface area (Å²) in [5, 5.41) is 8.95. The van der Waals surface area contributed by atoms with Crippen LogP contribution in [0.4, 0.5) is 0 Å². The summed E-state index contributed by atoms with van der Waals surface area (Å²) in [6, 6.07) is 1.35. The van der Waals surface area contributed by atoms with Crippen molar-refractivity contribution in [2.75, 3.05) is 26.7 Å². The first-order valence-corrected chi connectivity index (χ1v) is 9.01. The van der Waals surface area contributed by atoms with Gasteiger partial charge in [0.25, 0.3) is 0 Å². The van der Waals surface area contributed by atoms with Gasteiger partial charge in [0.1, 0.15) is 9.77 Å². The maximum absolute atomic E-state index is 12.6. The molecule has 1 N–H and O–H groups in total. The molecule has 0 spiro atoms. The number of carbonyl (C=O) groups is 1. The SMILES string of the molecule is CC1CN(S(=O)(=O)c2cc(C(=O)O)sc2Br)CCN1C. The summed E-state index contributed by atoms with van der Waals surface area (Å²) in [6.45, 7) is 3.44. The van der Waals surface area contributed by atoms with E-state index in [2.05, 4.69) is 20.8 Å². The van der Waals surface area contributed by atoms with Crippen molar-refractivity contribution in [2.45, 2.75) is 17.9 Å². The quantitative estimate of drug-likeness (QED) is 0.857. The Labute approximate surface area is 130 Å². The number of piperazine rings is 1. The minimum absolute atomic E-state index is 0.0117. The number of aromatic carboxylic acids is 1. The highest BCUT2D eigenvalue weighted by Gasteiger charge is 2.33. The molecule has 1 aromatic heterocycles. The summed E-state index contributed by atoms with van der Waals surface area (Å²) in [7, 11) is -1.70. The molecule has 0 saturated carbocycles. The van der Waals surface area contributed by atoms with Crippen molar-refractivity contribution in [3.8, 4) is 0 Å². The first-order chi connectivity index (χ1) is 9.23. The number of carboxylic acid groups (broad SMARTS) is 1. The Kier molecular flexibility index (Phi) is 4.55. The van der Waals surface area contributed by atoms with Gasteiger partial charge in [-0.3, -0.25) is 0 Å². The van der Waals surface area contributed by atoms with E-state index < -0.39 is 16.0 Å². The zero-order valence-corrected chi connectivity index (χ0v) is 14.3. The van der Waals surface area contributed by atoms with Crippen LogP contribution >= 0.6 is 27.3 Å². The molecule has 2 rings (SSSR count). The van der Waals surface area contributed by atoms with Gasteiger partial charge >= 0.3 is 5.97 Å². The lowest BCUT2D eigenvalue weighted by atomic mass is 10.2. The zero-order chi connectivity index (χ0) is 15.1. The monoisotopic (exact) mass is 382 g/mol. The molecule has 0 aliphatic carbocycles. The topological polar surface area (TPSA) is 77.9 Å². The predicted octanol–water partition coefficient (Wildman–Crippen LogP) is 1.53. The number of hydrogen-bond acceptors (Lipinski definition) is 5. The number of hydrogen-bond donors (Lipinski definition) is 1. The maximum atomic E-state index is 12.6. The molecule has 1 saturated heterocycles. The molecule has 1 fully saturated rings. The fourth-order valence-corrected chi connectivity index (χ4v) is 5.87. The van der Waals surface area contributed by atoms with Gasteiger partial charge in [-0.05, 0) is 36.0 Å². The van der Waals surface area contributed by atoms with E-state index in [1.165, 1.54) is 10.4 Å². The second-order valence-corrected chi connectivity index (χ2v) is 9.02. The Morgan fingerprint density at radius 1 is 1.50 bits per heavy atom. The normalized spacial score (nSPS) is 22.1. The van der Waals surface area contributed by atoms with E-state index in [9.17, 15) is 13.2 Å². The molecule has 0 aromatic carbocycles. The van der Waals surface area contributed by atoms with Crippen molar-refractivity contribution in [1.29, 1.82) is 0 Å². The van der Waals surface area contributed by atoms with E-state index in [1.54, 1.807) is 0 Å². The lowest BCUT2D eigenvalue weighted by Gasteiger charge is -2.36. The van der Waals surface area contributed by atoms with Gasteiger partial charge in [-0.1, -0.05) is 0 Å². The molecule has 9 heteroatoms. The number of carboxylic acids is 1. The van der Waals surface area contributed by atoms with Crippen LogP contribution in [-0.2, 0) is 10.0 Å². The average Bonchev–Trinajstić information content (AvgIpc) is 2.75. The summed E-state index contributed by atoms with van der Waals surface area (Å²) >= 11 is 4.07. The fourth-order valence-electron chi connectivity index (χ4n) is 2.01. The van der Waals surface area contributed by atoms with Gasteiger partial charge in [0.05, 0.1) is 3.79 Å². The van der Waals surface area contributed by atoms with Crippen LogP contribution in [0.1, 0.15) is 16.6 Å². The molecule has 1 aromatic rings. The van der Waals surface area contributed by atoms with Crippen LogP contribution in [-0.4, -0.2) is 61.4 Å². The van der Waals surface area contributed by atoms with E-state index in [0.717, 1.165) is 11.3 Å². The molecule has 0 radical (unpaired) electrons. The Morgan fingerprint density at radius 2 is 2.15 bits per heavy atom. The van der Waals surface area contributed by atoms with Crippen LogP contribution < -0.4 is 0 Å². The Hall–Kier alpha value is -0.480. The summed E-state index contributed by atoms with van der Waals surface area (Å²) in [4.78, 5) is 13.1. The number of nitrogens with zero attached hydrogens (tertiary/aromatic N) is 2. The Morgan fingerprint density at radius 3 is 2.65 bits per heavy atom. The van der Waals surface area contributed by atoms with Crippen LogP contribution in [0.15, 0.2) is 14.7 Å². The van der Waals surface area contributed by atoms with Gasteiger partial charge < -0.3 is 10.0 Å². The molecule has 20 heavy (non-hydrogen) atoms. The lowest BCUT2D eigenvalue weighted by Crippen LogP contribution is -2.51. The average molecular weight is 383 g/mol. The highest BCUT2D eigenvalue weighted by Crippen LogP contribution is 2.34. The Balaban J connectivity index is 2.33. The van der Waals surface area contributed by atoms with Gasteiger partial charge in [0.2, 0.25) is 10.0 Å². The molecule has 112 valence electrons. The first-order valence-electron chi connectivity index (χ1n) is 5.96. The van der Waals surface area contributed by atoms with Crippen molar-refractivity contribution in [1.82, 2.24) is 9.21 Å². The molecule has 1 aliphatic heterocycles. The minimum atomic E-state index is -3.65. The minimum Gasteiger partial charge on any atom is -0.477 e. The summed E-state index contributed by atoms with van der Waals surface area (Å²) < 4.78 is 26.9. The van der Waals surface area contributed by atoms with Crippen LogP contribution in [0.25, 0.3) is 0 Å². The van der Waals surface area contributed by atoms with Crippen LogP contribution in [0.2, 0.25) is 0 Å². The van der Waals surface area contributed by atoms with E-state index in [1.807, 2.05) is 14.0 Å². The Bertz CT molecular complexity index is 628. The number of rotatable bonds is 3. The molecule has 1 unspecified atom stereocenters. The molecular formula is C11H15BrN2O4S2. The summed E-state index contributed by atoms with van der Waals surface area (Å²) in [6.07, 6.45) is 0. The lowest BCUT2D eigenvalue weighted by molar-refractivity contribution is 0.0702. The second kappa shape index (κ2) is 5.72. The number of sulfonamides is 1. The van der Waals surface area contributed by atoms with E-state index in [-0.39, 0.29) is 15.8 Å². The van der Waals surface area contributed by atoms with Gasteiger partial charge in [-0.2, -0.15) is 4.31 Å². The van der Waals surface area contributed by atoms with Crippen LogP contribution in [0, 0.1) is 0 Å². The van der Waals surface area contributed by atoms with Crippen LogP contribution in [0.5, 0.6) is 0 Å². The van der Waals surface area contributed by atoms with E-state index in [4.69, 9.17) is 5.11 Å². The molecule has 1 aliphatic rings. The van der Waals surface area contributed by atoms with E-state index >= 15 is 0 Å². The van der Waals surface area contributed by atoms with E-state index in [0.29, 0.717) is 23.4 Å². The highest BCUT2D eigenvalue weighted by molar-refractivity contribution is 9.11. The largest absolute Gasteiger partial charge is 0.477 e. The molecule has 6 nitrogen and oxygen atoms in total. The van der Waals surface area contributed by atoms with Crippen molar-refractivity contribution in [3.63, 3.8) is 0 Å². The van der Waals surface area contributed by atoms with Gasteiger partial charge in [-0.25, -0.2) is 13.2 Å². The van der Waals surface area contributed by atoms with Crippen molar-refractivity contribution >= 4 is 43.3 Å². The smallest absolute Gasteiger partial charge is 0.345 e. The fraction of sp³-hybridized carbons (Fsp3) is 0.545. The number of thiophene rings is 1. The predicted molar refractivity (Wildman–Crippen MR) is 79.8 cm³/mol. The molecule has 1 atom stereocenters. The van der Waals surface area contributed by atoms with Crippen molar-refractivity contribution in [3.05, 3.63) is 14.7 Å². The number of likely N-dealkylation sites (N-methyl/N-ethyl adjacent to an activating group) is 1. The van der Waals surface area contributed by atoms with Crippen molar-refractivity contribution < 1.29 is 18.3 Å². The highest BCUT2D eigenvalue weighted by atomic mass is 79.9.